The van der Waals surface area contributed by atoms with Crippen molar-refractivity contribution in [1.29, 1.82) is 0 Å². The molecule has 0 aliphatic carbocycles. The van der Waals surface area contributed by atoms with E-state index < -0.39 is 0 Å². The Labute approximate surface area is 171 Å². The Morgan fingerprint density at radius 2 is 1.59 bits per heavy atom. The maximum atomic E-state index is 6.30. The highest BCUT2D eigenvalue weighted by Crippen LogP contribution is 2.34. The first-order valence-electron chi connectivity index (χ1n) is 9.87. The van der Waals surface area contributed by atoms with Gasteiger partial charge in [0.1, 0.15) is 18.2 Å². The smallest absolute Gasteiger partial charge is 0.169 e. The lowest BCUT2D eigenvalue weighted by Crippen LogP contribution is -2.28. The number of aliphatic imine (C=N–C) groups is 1. The van der Waals surface area contributed by atoms with Crippen molar-refractivity contribution in [1.82, 2.24) is 4.90 Å². The van der Waals surface area contributed by atoms with Crippen molar-refractivity contribution in [2.24, 2.45) is 4.99 Å². The molecule has 0 spiro atoms. The SMILES string of the molecule is CCN1CCN=C1c1ccccc1Oc1ccccc1OCc1ccc(N)cc1. The Morgan fingerprint density at radius 1 is 0.897 bits per heavy atom. The van der Waals surface area contributed by atoms with Crippen LogP contribution in [0.15, 0.2) is 77.8 Å². The summed E-state index contributed by atoms with van der Waals surface area (Å²) in [7, 11) is 0. The van der Waals surface area contributed by atoms with E-state index in [1.165, 1.54) is 0 Å². The minimum Gasteiger partial charge on any atom is -0.485 e. The number of anilines is 1. The molecule has 0 unspecified atom stereocenters. The molecule has 0 radical (unpaired) electrons. The van der Waals surface area contributed by atoms with Crippen LogP contribution in [-0.4, -0.2) is 30.4 Å². The molecule has 1 aliphatic rings. The molecule has 0 saturated heterocycles. The van der Waals surface area contributed by atoms with Gasteiger partial charge in [0, 0.05) is 18.8 Å². The standard InChI is InChI=1S/C24H25N3O2/c1-2-27-16-15-26-24(27)20-7-3-4-8-21(20)29-23-10-6-5-9-22(23)28-17-18-11-13-19(25)14-12-18/h3-14H,2,15-17,25H2,1H3. The van der Waals surface area contributed by atoms with Crippen molar-refractivity contribution in [3.8, 4) is 17.2 Å². The summed E-state index contributed by atoms with van der Waals surface area (Å²) in [5.74, 6) is 3.13. The van der Waals surface area contributed by atoms with Gasteiger partial charge in [0.25, 0.3) is 0 Å². The fourth-order valence-corrected chi connectivity index (χ4v) is 3.33. The van der Waals surface area contributed by atoms with Gasteiger partial charge in [-0.2, -0.15) is 0 Å². The molecule has 0 atom stereocenters. The van der Waals surface area contributed by atoms with Crippen molar-refractivity contribution in [3.05, 3.63) is 83.9 Å². The van der Waals surface area contributed by atoms with E-state index in [1.54, 1.807) is 0 Å². The van der Waals surface area contributed by atoms with Crippen LogP contribution < -0.4 is 15.2 Å². The molecular weight excluding hydrogens is 362 g/mol. The molecule has 1 heterocycles. The van der Waals surface area contributed by atoms with Gasteiger partial charge < -0.3 is 20.1 Å². The van der Waals surface area contributed by atoms with Crippen LogP contribution in [0.5, 0.6) is 17.2 Å². The Bertz CT molecular complexity index is 999. The fourth-order valence-electron chi connectivity index (χ4n) is 3.33. The van der Waals surface area contributed by atoms with Gasteiger partial charge in [0.2, 0.25) is 0 Å². The van der Waals surface area contributed by atoms with Gasteiger partial charge >= 0.3 is 0 Å². The zero-order valence-electron chi connectivity index (χ0n) is 16.5. The highest BCUT2D eigenvalue weighted by Gasteiger charge is 2.21. The first-order chi connectivity index (χ1) is 14.2. The van der Waals surface area contributed by atoms with E-state index in [1.807, 2.05) is 66.7 Å². The maximum absolute atomic E-state index is 6.30. The lowest BCUT2D eigenvalue weighted by molar-refractivity contribution is 0.291. The highest BCUT2D eigenvalue weighted by atomic mass is 16.5. The summed E-state index contributed by atoms with van der Waals surface area (Å²) < 4.78 is 12.3. The number of benzene rings is 3. The number of hydrogen-bond acceptors (Lipinski definition) is 5. The van der Waals surface area contributed by atoms with Crippen molar-refractivity contribution in [2.45, 2.75) is 13.5 Å². The third kappa shape index (κ3) is 4.35. The van der Waals surface area contributed by atoms with E-state index in [-0.39, 0.29) is 0 Å². The summed E-state index contributed by atoms with van der Waals surface area (Å²) >= 11 is 0. The number of rotatable bonds is 7. The predicted molar refractivity (Wildman–Crippen MR) is 117 cm³/mol. The number of likely N-dealkylation sites (N-methyl/N-ethyl adjacent to an activating group) is 1. The van der Waals surface area contributed by atoms with Crippen LogP contribution in [0.1, 0.15) is 18.1 Å². The lowest BCUT2D eigenvalue weighted by Gasteiger charge is -2.20. The van der Waals surface area contributed by atoms with Crippen LogP contribution in [0.3, 0.4) is 0 Å². The van der Waals surface area contributed by atoms with E-state index in [2.05, 4.69) is 22.9 Å². The predicted octanol–water partition coefficient (Wildman–Crippen LogP) is 4.72. The summed E-state index contributed by atoms with van der Waals surface area (Å²) in [6.07, 6.45) is 0. The van der Waals surface area contributed by atoms with Crippen LogP contribution in [0.25, 0.3) is 0 Å². The third-order valence-electron chi connectivity index (χ3n) is 4.88. The summed E-state index contributed by atoms with van der Waals surface area (Å²) in [6, 6.07) is 23.4. The third-order valence-corrected chi connectivity index (χ3v) is 4.88. The minimum absolute atomic E-state index is 0.443. The molecule has 5 nitrogen and oxygen atoms in total. The van der Waals surface area contributed by atoms with Gasteiger partial charge in [-0.05, 0) is 48.9 Å². The van der Waals surface area contributed by atoms with E-state index >= 15 is 0 Å². The summed E-state index contributed by atoms with van der Waals surface area (Å²) in [5.41, 5.74) is 8.55. The number of hydrogen-bond donors (Lipinski definition) is 1. The Hall–Kier alpha value is -3.47. The number of nitrogens with two attached hydrogens (primary N) is 1. The average Bonchev–Trinajstić information content (AvgIpc) is 3.23. The topological polar surface area (TPSA) is 60.1 Å². The van der Waals surface area contributed by atoms with Crippen molar-refractivity contribution in [2.75, 3.05) is 25.4 Å². The van der Waals surface area contributed by atoms with Crippen LogP contribution in [0, 0.1) is 0 Å². The number of para-hydroxylation sites is 3. The zero-order chi connectivity index (χ0) is 20.1. The van der Waals surface area contributed by atoms with Gasteiger partial charge in [0.15, 0.2) is 11.5 Å². The fraction of sp³-hybridized carbons (Fsp3) is 0.208. The van der Waals surface area contributed by atoms with E-state index in [0.717, 1.165) is 48.0 Å². The van der Waals surface area contributed by atoms with E-state index in [0.29, 0.717) is 18.1 Å². The second-order valence-electron chi connectivity index (χ2n) is 6.86. The molecule has 0 amide bonds. The first-order valence-corrected chi connectivity index (χ1v) is 9.87. The second kappa shape index (κ2) is 8.69. The van der Waals surface area contributed by atoms with Crippen LogP contribution in [0.2, 0.25) is 0 Å². The van der Waals surface area contributed by atoms with Crippen molar-refractivity contribution < 1.29 is 9.47 Å². The minimum atomic E-state index is 0.443. The van der Waals surface area contributed by atoms with Crippen LogP contribution in [-0.2, 0) is 6.61 Å². The summed E-state index contributed by atoms with van der Waals surface area (Å²) in [4.78, 5) is 6.96. The Balaban J connectivity index is 1.56. The number of amidine groups is 1. The molecule has 148 valence electrons. The monoisotopic (exact) mass is 387 g/mol. The van der Waals surface area contributed by atoms with Gasteiger partial charge in [-0.25, -0.2) is 0 Å². The molecule has 0 bridgehead atoms. The molecule has 3 aromatic rings. The average molecular weight is 387 g/mol. The number of nitrogens with zero attached hydrogens (tertiary/aromatic N) is 2. The zero-order valence-corrected chi connectivity index (χ0v) is 16.5. The summed E-state index contributed by atoms with van der Waals surface area (Å²) in [5, 5.41) is 0. The molecule has 5 heteroatoms. The highest BCUT2D eigenvalue weighted by molar-refractivity contribution is 6.02. The molecule has 1 aliphatic heterocycles. The van der Waals surface area contributed by atoms with Gasteiger partial charge in [-0.3, -0.25) is 4.99 Å². The van der Waals surface area contributed by atoms with Gasteiger partial charge in [-0.15, -0.1) is 0 Å². The molecule has 0 fully saturated rings. The second-order valence-corrected chi connectivity index (χ2v) is 6.86. The quantitative estimate of drug-likeness (QED) is 0.596. The molecule has 29 heavy (non-hydrogen) atoms. The maximum Gasteiger partial charge on any atom is 0.169 e. The first kappa shape index (κ1) is 18.9. The largest absolute Gasteiger partial charge is 0.485 e. The molecule has 4 rings (SSSR count). The van der Waals surface area contributed by atoms with Gasteiger partial charge in [0.05, 0.1) is 12.1 Å². The van der Waals surface area contributed by atoms with Crippen LogP contribution >= 0.6 is 0 Å². The van der Waals surface area contributed by atoms with E-state index in [4.69, 9.17) is 15.2 Å². The normalized spacial score (nSPS) is 13.3. The summed E-state index contributed by atoms with van der Waals surface area (Å²) in [6.45, 7) is 5.28. The Morgan fingerprint density at radius 3 is 2.34 bits per heavy atom. The molecule has 0 aromatic heterocycles. The molecule has 0 saturated carbocycles. The van der Waals surface area contributed by atoms with Crippen molar-refractivity contribution >= 4 is 11.5 Å². The van der Waals surface area contributed by atoms with Crippen molar-refractivity contribution in [3.63, 3.8) is 0 Å². The van der Waals surface area contributed by atoms with Crippen LogP contribution in [0.4, 0.5) is 5.69 Å². The molecule has 3 aromatic carbocycles. The Kier molecular flexibility index (Phi) is 5.66. The van der Waals surface area contributed by atoms with Gasteiger partial charge in [-0.1, -0.05) is 36.4 Å². The van der Waals surface area contributed by atoms with E-state index in [9.17, 15) is 0 Å². The lowest BCUT2D eigenvalue weighted by atomic mass is 10.1. The number of ether oxygens (including phenoxy) is 2. The number of nitrogen functional groups attached to an aromatic ring is 1. The molecule has 2 N–H and O–H groups in total. The molecular formula is C24H25N3O2.